The highest BCUT2D eigenvalue weighted by molar-refractivity contribution is 7.92. The van der Waals surface area contributed by atoms with Gasteiger partial charge in [-0.3, -0.25) is 9.52 Å². The standard InChI is InChI=1S/C19H18N2O4S/c1-14-17(19(22)20-13-15-7-6-12-25-15)10-5-11-18(14)21-26(23,24)16-8-3-2-4-9-16/h2-12,21H,13H2,1H3,(H,20,22). The van der Waals surface area contributed by atoms with Crippen molar-refractivity contribution in [3.8, 4) is 0 Å². The molecule has 26 heavy (non-hydrogen) atoms. The van der Waals surface area contributed by atoms with Crippen LogP contribution in [0.1, 0.15) is 21.7 Å². The van der Waals surface area contributed by atoms with Crippen LogP contribution >= 0.6 is 0 Å². The van der Waals surface area contributed by atoms with Crippen LogP contribution in [0.3, 0.4) is 0 Å². The molecule has 2 N–H and O–H groups in total. The maximum absolute atomic E-state index is 12.5. The zero-order valence-electron chi connectivity index (χ0n) is 14.1. The van der Waals surface area contributed by atoms with Crippen LogP contribution in [0.2, 0.25) is 0 Å². The van der Waals surface area contributed by atoms with Crippen LogP contribution < -0.4 is 10.0 Å². The van der Waals surface area contributed by atoms with Crippen molar-refractivity contribution in [1.82, 2.24) is 5.32 Å². The molecule has 1 amide bonds. The number of hydrogen-bond acceptors (Lipinski definition) is 4. The highest BCUT2D eigenvalue weighted by atomic mass is 32.2. The highest BCUT2D eigenvalue weighted by Crippen LogP contribution is 2.22. The van der Waals surface area contributed by atoms with Gasteiger partial charge in [0.2, 0.25) is 0 Å². The number of carbonyl (C=O) groups excluding carboxylic acids is 1. The van der Waals surface area contributed by atoms with E-state index in [0.29, 0.717) is 22.6 Å². The van der Waals surface area contributed by atoms with E-state index in [1.54, 1.807) is 55.5 Å². The Kier molecular flexibility index (Phi) is 5.09. The molecule has 0 radical (unpaired) electrons. The van der Waals surface area contributed by atoms with E-state index >= 15 is 0 Å². The maximum atomic E-state index is 12.5. The van der Waals surface area contributed by atoms with Gasteiger partial charge in [-0.2, -0.15) is 0 Å². The molecule has 2 aromatic carbocycles. The topological polar surface area (TPSA) is 88.4 Å². The summed E-state index contributed by atoms with van der Waals surface area (Å²) < 4.78 is 32.7. The summed E-state index contributed by atoms with van der Waals surface area (Å²) in [5.41, 5.74) is 1.30. The van der Waals surface area contributed by atoms with E-state index in [9.17, 15) is 13.2 Å². The molecule has 0 saturated carbocycles. The Morgan fingerprint density at radius 2 is 1.77 bits per heavy atom. The van der Waals surface area contributed by atoms with Gasteiger partial charge in [0.25, 0.3) is 15.9 Å². The van der Waals surface area contributed by atoms with Gasteiger partial charge < -0.3 is 9.73 Å². The number of sulfonamides is 1. The fourth-order valence-corrected chi connectivity index (χ4v) is 3.62. The first-order valence-electron chi connectivity index (χ1n) is 7.95. The monoisotopic (exact) mass is 370 g/mol. The highest BCUT2D eigenvalue weighted by Gasteiger charge is 2.17. The molecule has 1 aromatic heterocycles. The average molecular weight is 370 g/mol. The second kappa shape index (κ2) is 7.45. The Morgan fingerprint density at radius 1 is 1.00 bits per heavy atom. The molecule has 134 valence electrons. The minimum Gasteiger partial charge on any atom is -0.467 e. The summed E-state index contributed by atoms with van der Waals surface area (Å²) in [4.78, 5) is 12.6. The molecule has 0 fully saturated rings. The van der Waals surface area contributed by atoms with E-state index < -0.39 is 10.0 Å². The van der Waals surface area contributed by atoms with Crippen molar-refractivity contribution < 1.29 is 17.6 Å². The van der Waals surface area contributed by atoms with Gasteiger partial charge in [0.15, 0.2) is 0 Å². The third kappa shape index (κ3) is 3.94. The van der Waals surface area contributed by atoms with Crippen molar-refractivity contribution in [3.63, 3.8) is 0 Å². The lowest BCUT2D eigenvalue weighted by Crippen LogP contribution is -2.24. The summed E-state index contributed by atoms with van der Waals surface area (Å²) in [5, 5.41) is 2.75. The van der Waals surface area contributed by atoms with Gasteiger partial charge in [0, 0.05) is 5.56 Å². The van der Waals surface area contributed by atoms with E-state index in [2.05, 4.69) is 10.0 Å². The summed E-state index contributed by atoms with van der Waals surface area (Å²) in [6, 6.07) is 16.5. The van der Waals surface area contributed by atoms with Crippen LogP contribution in [0.15, 0.2) is 76.2 Å². The first kappa shape index (κ1) is 17.8. The zero-order chi connectivity index (χ0) is 18.6. The van der Waals surface area contributed by atoms with E-state index in [-0.39, 0.29) is 17.3 Å². The summed E-state index contributed by atoms with van der Waals surface area (Å²) in [5.74, 6) is 0.330. The van der Waals surface area contributed by atoms with Gasteiger partial charge in [-0.1, -0.05) is 24.3 Å². The lowest BCUT2D eigenvalue weighted by molar-refractivity contribution is 0.0947. The van der Waals surface area contributed by atoms with Gasteiger partial charge in [0.05, 0.1) is 23.4 Å². The van der Waals surface area contributed by atoms with Crippen molar-refractivity contribution in [2.24, 2.45) is 0 Å². The molecule has 7 heteroatoms. The fraction of sp³-hybridized carbons (Fsp3) is 0.105. The number of hydrogen-bond donors (Lipinski definition) is 2. The van der Waals surface area contributed by atoms with Crippen LogP contribution in [-0.2, 0) is 16.6 Å². The summed E-state index contributed by atoms with van der Waals surface area (Å²) in [6.45, 7) is 1.95. The number of nitrogens with one attached hydrogen (secondary N) is 2. The number of benzene rings is 2. The molecule has 6 nitrogen and oxygen atoms in total. The summed E-state index contributed by atoms with van der Waals surface area (Å²) in [6.07, 6.45) is 1.53. The van der Waals surface area contributed by atoms with Crippen LogP contribution in [-0.4, -0.2) is 14.3 Å². The fourth-order valence-electron chi connectivity index (χ4n) is 2.47. The van der Waals surface area contributed by atoms with Gasteiger partial charge in [-0.05, 0) is 48.9 Å². The largest absolute Gasteiger partial charge is 0.467 e. The molecular weight excluding hydrogens is 352 g/mol. The van der Waals surface area contributed by atoms with Crippen LogP contribution in [0.5, 0.6) is 0 Å². The van der Waals surface area contributed by atoms with Crippen LogP contribution in [0.25, 0.3) is 0 Å². The van der Waals surface area contributed by atoms with Crippen LogP contribution in [0.4, 0.5) is 5.69 Å². The van der Waals surface area contributed by atoms with E-state index in [4.69, 9.17) is 4.42 Å². The molecule has 0 bridgehead atoms. The molecule has 0 atom stereocenters. The Hall–Kier alpha value is -3.06. The Bertz CT molecular complexity index is 997. The molecule has 0 aliphatic rings. The third-order valence-corrected chi connectivity index (χ3v) is 5.26. The van der Waals surface area contributed by atoms with Gasteiger partial charge in [-0.15, -0.1) is 0 Å². The first-order valence-corrected chi connectivity index (χ1v) is 9.44. The molecular formula is C19H18N2O4S. The van der Waals surface area contributed by atoms with E-state index in [0.717, 1.165) is 0 Å². The van der Waals surface area contributed by atoms with E-state index in [1.807, 2.05) is 0 Å². The molecule has 1 heterocycles. The SMILES string of the molecule is Cc1c(NS(=O)(=O)c2ccccc2)cccc1C(=O)NCc1ccco1. The number of rotatable bonds is 6. The number of anilines is 1. The summed E-state index contributed by atoms with van der Waals surface area (Å²) >= 11 is 0. The van der Waals surface area contributed by atoms with Crippen molar-refractivity contribution in [2.45, 2.75) is 18.4 Å². The number of furan rings is 1. The van der Waals surface area contributed by atoms with Crippen molar-refractivity contribution in [1.29, 1.82) is 0 Å². The molecule has 0 aliphatic carbocycles. The number of amides is 1. The Balaban J connectivity index is 1.80. The molecule has 3 aromatic rings. The predicted octanol–water partition coefficient (Wildman–Crippen LogP) is 3.32. The zero-order valence-corrected chi connectivity index (χ0v) is 14.9. The smallest absolute Gasteiger partial charge is 0.261 e. The maximum Gasteiger partial charge on any atom is 0.261 e. The minimum atomic E-state index is -3.72. The van der Waals surface area contributed by atoms with Crippen molar-refractivity contribution in [3.05, 3.63) is 83.8 Å². The quantitative estimate of drug-likeness (QED) is 0.697. The number of carbonyl (C=O) groups is 1. The van der Waals surface area contributed by atoms with Gasteiger partial charge in [-0.25, -0.2) is 8.42 Å². The second-order valence-corrected chi connectivity index (χ2v) is 7.34. The van der Waals surface area contributed by atoms with E-state index in [1.165, 1.54) is 18.4 Å². The lowest BCUT2D eigenvalue weighted by Gasteiger charge is -2.13. The van der Waals surface area contributed by atoms with Crippen LogP contribution in [0, 0.1) is 6.92 Å². The third-order valence-electron chi connectivity index (χ3n) is 3.88. The minimum absolute atomic E-state index is 0.159. The molecule has 3 rings (SSSR count). The van der Waals surface area contributed by atoms with Gasteiger partial charge in [0.1, 0.15) is 5.76 Å². The van der Waals surface area contributed by atoms with Gasteiger partial charge >= 0.3 is 0 Å². The first-order chi connectivity index (χ1) is 12.5. The lowest BCUT2D eigenvalue weighted by atomic mass is 10.1. The van der Waals surface area contributed by atoms with Crippen molar-refractivity contribution in [2.75, 3.05) is 4.72 Å². The molecule has 0 aliphatic heterocycles. The van der Waals surface area contributed by atoms with Crippen molar-refractivity contribution >= 4 is 21.6 Å². The second-order valence-electron chi connectivity index (χ2n) is 5.66. The summed E-state index contributed by atoms with van der Waals surface area (Å²) in [7, 11) is -3.72. The molecule has 0 unspecified atom stereocenters. The molecule has 0 spiro atoms. The Morgan fingerprint density at radius 3 is 2.46 bits per heavy atom. The Labute approximate surface area is 151 Å². The average Bonchev–Trinajstić information content (AvgIpc) is 3.16. The predicted molar refractivity (Wildman–Crippen MR) is 98.3 cm³/mol. The molecule has 0 saturated heterocycles. The normalized spacial score (nSPS) is 11.1.